The lowest BCUT2D eigenvalue weighted by atomic mass is 9.90. The van der Waals surface area contributed by atoms with Crippen LogP contribution in [0.5, 0.6) is 11.5 Å². The number of rotatable bonds is 77. The molecule has 130 heavy (non-hydrogen) atoms. The van der Waals surface area contributed by atoms with Crippen molar-refractivity contribution in [3.8, 4) is 21.9 Å². The summed E-state index contributed by atoms with van der Waals surface area (Å²) < 4.78 is 15.3. The van der Waals surface area contributed by atoms with Crippen LogP contribution in [0.25, 0.3) is 52.9 Å². The first-order valence-electron chi connectivity index (χ1n) is 55.0. The van der Waals surface area contributed by atoms with E-state index in [0.29, 0.717) is 69.5 Å². The van der Waals surface area contributed by atoms with Crippen molar-refractivity contribution >= 4 is 100 Å². The zero-order valence-corrected chi connectivity index (χ0v) is 84.2. The Kier molecular flexibility index (Phi) is 54.7. The predicted octanol–water partition coefficient (Wildman–Crippen LogP) is 39.4. The van der Waals surface area contributed by atoms with E-state index in [4.69, 9.17) is 9.47 Å². The van der Waals surface area contributed by atoms with Crippen molar-refractivity contribution in [2.45, 2.75) is 519 Å². The smallest absolute Gasteiger partial charge is 0.345 e. The number of amides is 2. The van der Waals surface area contributed by atoms with Crippen molar-refractivity contribution < 1.29 is 28.7 Å². The van der Waals surface area contributed by atoms with Gasteiger partial charge in [0.05, 0.1) is 33.7 Å². The number of benzene rings is 4. The normalized spacial score (nSPS) is 14.6. The average Bonchev–Trinajstić information content (AvgIpc) is 1.56. The maximum absolute atomic E-state index is 15.7. The molecule has 0 fully saturated rings. The van der Waals surface area contributed by atoms with Crippen molar-refractivity contribution in [1.82, 2.24) is 0 Å². The maximum atomic E-state index is 15.7. The minimum atomic E-state index is -0.560. The molecule has 0 atom stereocenters. The third-order valence-corrected chi connectivity index (χ3v) is 31.9. The third kappa shape index (κ3) is 36.3. The summed E-state index contributed by atoms with van der Waals surface area (Å²) in [5, 5.41) is 1.22. The molecule has 726 valence electrons. The van der Waals surface area contributed by atoms with Crippen LogP contribution in [0, 0.1) is 25.7 Å². The minimum absolute atomic E-state index is 0. The molecule has 0 saturated heterocycles. The number of carbonyl (C=O) groups is 4. The SMILES string of the molecule is C.C.CCCCCCCCCCCCCCCCCCC(CCCCCCCCCCCCCCCCCC)CCCN1C(=O)/C(=C2/C(=O)Oc3c2ccc2c4c(ccc32)/C(=C2\C(=O)N(CCCC(CCCCCCCCCCCCCCCCCC)CCCCCCCCCCCCCCCCCC)c3cc(-c5cc6sc(C)cc6s5)ccc32)C(=O)O4)c2ccc(C)cc21. The Balaban J connectivity index is 0.0000104. The van der Waals surface area contributed by atoms with E-state index in [1.807, 2.05) is 57.5 Å². The fourth-order valence-corrected chi connectivity index (χ4v) is 24.1. The molecular weight excluding hydrogens is 1630 g/mol. The van der Waals surface area contributed by atoms with Crippen molar-refractivity contribution in [3.05, 3.63) is 105 Å². The van der Waals surface area contributed by atoms with E-state index in [0.717, 1.165) is 59.3 Å². The summed E-state index contributed by atoms with van der Waals surface area (Å²) in [6, 6.07) is 24.8. The fraction of sp³-hybridized carbons (Fsp3) is 0.700. The van der Waals surface area contributed by atoms with Crippen LogP contribution < -0.4 is 19.3 Å². The second kappa shape index (κ2) is 65.0. The molecule has 8 nitrogen and oxygen atoms in total. The van der Waals surface area contributed by atoms with Gasteiger partial charge in [0, 0.05) is 65.3 Å². The van der Waals surface area contributed by atoms with E-state index >= 15 is 9.59 Å². The number of thiophene rings is 2. The molecule has 0 saturated carbocycles. The number of anilines is 2. The maximum Gasteiger partial charge on any atom is 0.345 e. The van der Waals surface area contributed by atoms with Gasteiger partial charge in [-0.25, -0.2) is 9.59 Å². The summed E-state index contributed by atoms with van der Waals surface area (Å²) >= 11 is 3.62. The molecule has 4 aromatic carbocycles. The summed E-state index contributed by atoms with van der Waals surface area (Å²) in [5.41, 5.74) is 7.82. The highest BCUT2D eigenvalue weighted by Crippen LogP contribution is 2.54. The van der Waals surface area contributed by atoms with Gasteiger partial charge >= 0.3 is 11.9 Å². The molecule has 2 aromatic heterocycles. The van der Waals surface area contributed by atoms with E-state index < -0.39 is 11.9 Å². The summed E-state index contributed by atoms with van der Waals surface area (Å²) in [6.45, 7) is 14.6. The van der Waals surface area contributed by atoms with Gasteiger partial charge in [-0.1, -0.05) is 503 Å². The zero-order chi connectivity index (χ0) is 89.8. The molecular formula is C120H188N2O6S2. The Hall–Kier alpha value is -5.84. The number of fused-ring (bicyclic) bond motifs is 8. The first-order valence-corrected chi connectivity index (χ1v) is 56.6. The molecule has 2 amide bonds. The zero-order valence-electron chi connectivity index (χ0n) is 82.6. The van der Waals surface area contributed by atoms with E-state index in [9.17, 15) is 9.59 Å². The Bertz CT molecular complexity index is 4140. The molecule has 0 spiro atoms. The monoisotopic (exact) mass is 1820 g/mol. The first-order chi connectivity index (χ1) is 63.0. The second-order valence-electron chi connectivity index (χ2n) is 40.5. The number of unbranched alkanes of at least 4 members (excludes halogenated alkanes) is 60. The van der Waals surface area contributed by atoms with Gasteiger partial charge in [-0.2, -0.15) is 0 Å². The number of carbonyl (C=O) groups excluding carboxylic acids is 4. The van der Waals surface area contributed by atoms with E-state index in [1.54, 1.807) is 11.3 Å². The van der Waals surface area contributed by atoms with Crippen molar-refractivity contribution in [1.29, 1.82) is 0 Å². The summed E-state index contributed by atoms with van der Waals surface area (Å²) in [5.74, 6) is 0.528. The number of aryl methyl sites for hydroxylation is 2. The molecule has 4 aliphatic heterocycles. The molecule has 0 radical (unpaired) electrons. The molecule has 0 aliphatic carbocycles. The highest BCUT2D eigenvalue weighted by atomic mass is 32.1. The summed E-state index contributed by atoms with van der Waals surface area (Å²) in [4.78, 5) is 67.2. The van der Waals surface area contributed by atoms with Crippen LogP contribution in [0.15, 0.2) is 72.8 Å². The largest absolute Gasteiger partial charge is 0.422 e. The Morgan fingerprint density at radius 1 is 0.269 bits per heavy atom. The number of hydrogen-bond donors (Lipinski definition) is 0. The topological polar surface area (TPSA) is 93.2 Å². The van der Waals surface area contributed by atoms with E-state index in [2.05, 4.69) is 77.9 Å². The Morgan fingerprint density at radius 2 is 0.531 bits per heavy atom. The molecule has 10 rings (SSSR count). The second-order valence-corrected chi connectivity index (χ2v) is 42.9. The molecule has 0 N–H and O–H groups in total. The van der Waals surface area contributed by atoms with Gasteiger partial charge in [-0.05, 0) is 111 Å². The Labute approximate surface area is 804 Å². The lowest BCUT2D eigenvalue weighted by molar-refractivity contribution is -0.127. The third-order valence-electron chi connectivity index (χ3n) is 29.6. The van der Waals surface area contributed by atoms with Gasteiger partial charge in [0.15, 0.2) is 0 Å². The van der Waals surface area contributed by atoms with Gasteiger partial charge in [0.1, 0.15) is 11.5 Å². The molecule has 10 heteroatoms. The van der Waals surface area contributed by atoms with Gasteiger partial charge in [0.2, 0.25) is 0 Å². The van der Waals surface area contributed by atoms with E-state index in [-0.39, 0.29) is 37.8 Å². The van der Waals surface area contributed by atoms with Crippen molar-refractivity contribution in [2.75, 3.05) is 22.9 Å². The minimum Gasteiger partial charge on any atom is -0.422 e. The standard InChI is InChI=1S/C118H180N2O6S2.2CH4/c1-7-11-15-19-23-27-31-35-39-43-47-51-55-59-63-67-73-95(74-68-64-60-56-52-48-44-40-36-32-28-24-20-16-12-8-2)77-71-87-119-104-89-93(5)79-81-100(104)109(115(119)121)111-102-85-83-99-98(113(102)125-117(111)123)84-86-103-112(118(124)126-114(99)103)110-101-82-80-97(106-92-108-107(128-106)90-94(6)127-108)91-105(101)120(116(110)122)88-72-78-96(75-69-65-61-57-53-49-45-41-37-33-29-25-21-17-13-9-3)76-70-66-62-58-54-50-46-42-38-34-30-26-22-18-14-10-4;;/h79-86,89-92,95-96H,7-78,87-88H2,1-6H3;2*1H4/b111-109+,112-110+;;. The number of ether oxygens (including phenoxy) is 2. The average molecular weight is 1820 g/mol. The van der Waals surface area contributed by atoms with Crippen LogP contribution in [0.3, 0.4) is 0 Å². The molecule has 4 aliphatic rings. The molecule has 0 unspecified atom stereocenters. The van der Waals surface area contributed by atoms with Gasteiger partial charge in [-0.3, -0.25) is 9.59 Å². The van der Waals surface area contributed by atoms with Crippen LogP contribution in [0.2, 0.25) is 0 Å². The van der Waals surface area contributed by atoms with Crippen molar-refractivity contribution in [3.63, 3.8) is 0 Å². The molecule has 6 heterocycles. The quantitative estimate of drug-likeness (QED) is 0.0163. The van der Waals surface area contributed by atoms with Gasteiger partial charge < -0.3 is 19.3 Å². The number of nitrogens with zero attached hydrogens (tertiary/aromatic N) is 2. The molecule has 6 aromatic rings. The van der Waals surface area contributed by atoms with Crippen molar-refractivity contribution in [2.24, 2.45) is 11.8 Å². The number of esters is 2. The summed E-state index contributed by atoms with van der Waals surface area (Å²) in [6.07, 6.45) is 97.2. The highest BCUT2D eigenvalue weighted by Gasteiger charge is 2.44. The molecule has 0 bridgehead atoms. The first kappa shape index (κ1) is 109. The predicted molar refractivity (Wildman–Crippen MR) is 570 cm³/mol. The van der Waals surface area contributed by atoms with Crippen LogP contribution >= 0.6 is 22.7 Å². The summed E-state index contributed by atoms with van der Waals surface area (Å²) in [7, 11) is 0. The van der Waals surface area contributed by atoms with E-state index in [1.165, 1.54) is 456 Å². The highest BCUT2D eigenvalue weighted by molar-refractivity contribution is 7.29. The van der Waals surface area contributed by atoms with Crippen LogP contribution in [0.1, 0.15) is 538 Å². The van der Waals surface area contributed by atoms with Crippen LogP contribution in [-0.4, -0.2) is 36.8 Å². The van der Waals surface area contributed by atoms with Gasteiger partial charge in [0.25, 0.3) is 11.8 Å². The lowest BCUT2D eigenvalue weighted by Gasteiger charge is -2.21. The van der Waals surface area contributed by atoms with Gasteiger partial charge in [-0.15, -0.1) is 22.7 Å². The van der Waals surface area contributed by atoms with Crippen LogP contribution in [0.4, 0.5) is 11.4 Å². The Morgan fingerprint density at radius 3 is 0.831 bits per heavy atom. The fourth-order valence-electron chi connectivity index (χ4n) is 21.8. The van der Waals surface area contributed by atoms with Crippen LogP contribution in [-0.2, 0) is 19.2 Å². The number of hydrogen-bond acceptors (Lipinski definition) is 8. The lowest BCUT2D eigenvalue weighted by Crippen LogP contribution is -2.28.